The topological polar surface area (TPSA) is 115 Å². The van der Waals surface area contributed by atoms with Crippen LogP contribution in [-0.2, 0) is 17.9 Å². The fourth-order valence-corrected chi connectivity index (χ4v) is 1.46. The number of hydrogen-bond donors (Lipinski definition) is 2. The van der Waals surface area contributed by atoms with Crippen LogP contribution in [0.3, 0.4) is 0 Å². The summed E-state index contributed by atoms with van der Waals surface area (Å²) in [6.07, 6.45) is 3.13. The van der Waals surface area contributed by atoms with Crippen LogP contribution in [0.25, 0.3) is 0 Å². The summed E-state index contributed by atoms with van der Waals surface area (Å²) in [7, 11) is 0. The van der Waals surface area contributed by atoms with Crippen LogP contribution in [0.15, 0.2) is 18.5 Å². The van der Waals surface area contributed by atoms with E-state index in [0.717, 1.165) is 0 Å². The SMILES string of the molecule is CCOc1ccnc(NCc2cn(CC(=O)O)nn2)n1. The molecule has 0 aliphatic rings. The number of aliphatic carboxylic acids is 1. The zero-order valence-corrected chi connectivity index (χ0v) is 10.9. The number of hydrogen-bond acceptors (Lipinski definition) is 7. The second kappa shape index (κ2) is 6.45. The van der Waals surface area contributed by atoms with E-state index in [2.05, 4.69) is 25.6 Å². The Hall–Kier alpha value is -2.71. The van der Waals surface area contributed by atoms with Crippen molar-refractivity contribution in [3.8, 4) is 5.88 Å². The van der Waals surface area contributed by atoms with Crippen LogP contribution in [0.4, 0.5) is 5.95 Å². The minimum atomic E-state index is -0.970. The smallest absolute Gasteiger partial charge is 0.325 e. The Morgan fingerprint density at radius 3 is 3.15 bits per heavy atom. The number of anilines is 1. The van der Waals surface area contributed by atoms with Gasteiger partial charge in [0, 0.05) is 12.3 Å². The number of carboxylic acid groups (broad SMARTS) is 1. The standard InChI is InChI=1S/C11H14N6O3/c1-2-20-9-3-4-12-11(14-9)13-5-8-6-17(16-15-8)7-10(18)19/h3-4,6H,2,5,7H2,1H3,(H,18,19)(H,12,13,14). The molecule has 0 saturated heterocycles. The Bertz CT molecular complexity index is 585. The molecule has 2 aromatic rings. The molecular weight excluding hydrogens is 264 g/mol. The van der Waals surface area contributed by atoms with Crippen molar-refractivity contribution in [2.45, 2.75) is 20.0 Å². The predicted molar refractivity (Wildman–Crippen MR) is 68.2 cm³/mol. The molecule has 0 aromatic carbocycles. The lowest BCUT2D eigenvalue weighted by molar-refractivity contribution is -0.137. The van der Waals surface area contributed by atoms with Crippen LogP contribution in [-0.4, -0.2) is 42.6 Å². The molecule has 2 aromatic heterocycles. The molecule has 9 nitrogen and oxygen atoms in total. The second-order valence-electron chi connectivity index (χ2n) is 3.81. The first kappa shape index (κ1) is 13.7. The highest BCUT2D eigenvalue weighted by Gasteiger charge is 2.05. The Morgan fingerprint density at radius 1 is 1.55 bits per heavy atom. The number of ether oxygens (including phenoxy) is 1. The van der Waals surface area contributed by atoms with Gasteiger partial charge in [0.1, 0.15) is 12.2 Å². The third-order valence-corrected chi connectivity index (χ3v) is 2.23. The molecule has 0 radical (unpaired) electrons. The maximum atomic E-state index is 10.5. The van der Waals surface area contributed by atoms with Gasteiger partial charge in [0.25, 0.3) is 0 Å². The molecule has 0 aliphatic heterocycles. The molecule has 0 spiro atoms. The van der Waals surface area contributed by atoms with Gasteiger partial charge in [0.15, 0.2) is 0 Å². The number of carboxylic acids is 1. The fraction of sp³-hybridized carbons (Fsp3) is 0.364. The Morgan fingerprint density at radius 2 is 2.40 bits per heavy atom. The Kier molecular flexibility index (Phi) is 4.43. The molecule has 2 rings (SSSR count). The van der Waals surface area contributed by atoms with Gasteiger partial charge in [-0.2, -0.15) is 4.98 Å². The van der Waals surface area contributed by atoms with Crippen molar-refractivity contribution in [3.63, 3.8) is 0 Å². The summed E-state index contributed by atoms with van der Waals surface area (Å²) in [5, 5.41) is 19.1. The molecule has 0 atom stereocenters. The van der Waals surface area contributed by atoms with E-state index < -0.39 is 5.97 Å². The van der Waals surface area contributed by atoms with E-state index in [4.69, 9.17) is 9.84 Å². The first-order valence-corrected chi connectivity index (χ1v) is 5.98. The summed E-state index contributed by atoms with van der Waals surface area (Å²) in [4.78, 5) is 18.7. The highest BCUT2D eigenvalue weighted by atomic mass is 16.5. The predicted octanol–water partition coefficient (Wildman–Crippen LogP) is 0.163. The van der Waals surface area contributed by atoms with Gasteiger partial charge < -0.3 is 15.2 Å². The average molecular weight is 278 g/mol. The van der Waals surface area contributed by atoms with Crippen molar-refractivity contribution in [1.82, 2.24) is 25.0 Å². The van der Waals surface area contributed by atoms with E-state index in [1.54, 1.807) is 18.5 Å². The van der Waals surface area contributed by atoms with Gasteiger partial charge in [-0.1, -0.05) is 5.21 Å². The maximum absolute atomic E-state index is 10.5. The minimum Gasteiger partial charge on any atom is -0.480 e. The third kappa shape index (κ3) is 3.90. The van der Waals surface area contributed by atoms with Gasteiger partial charge in [-0.3, -0.25) is 4.79 Å². The lowest BCUT2D eigenvalue weighted by atomic mass is 10.4. The third-order valence-electron chi connectivity index (χ3n) is 2.23. The highest BCUT2D eigenvalue weighted by Crippen LogP contribution is 2.08. The molecule has 0 amide bonds. The van der Waals surface area contributed by atoms with Gasteiger partial charge in [0.05, 0.1) is 19.3 Å². The van der Waals surface area contributed by atoms with Gasteiger partial charge in [0.2, 0.25) is 11.8 Å². The molecule has 9 heteroatoms. The Labute approximate surface area is 114 Å². The molecular formula is C11H14N6O3. The average Bonchev–Trinajstić information content (AvgIpc) is 2.84. The second-order valence-corrected chi connectivity index (χ2v) is 3.81. The van der Waals surface area contributed by atoms with Crippen LogP contribution in [0.1, 0.15) is 12.6 Å². The van der Waals surface area contributed by atoms with Gasteiger partial charge >= 0.3 is 5.97 Å². The van der Waals surface area contributed by atoms with Crippen LogP contribution in [0.2, 0.25) is 0 Å². The molecule has 2 N–H and O–H groups in total. The van der Waals surface area contributed by atoms with Crippen molar-refractivity contribution < 1.29 is 14.6 Å². The van der Waals surface area contributed by atoms with Gasteiger partial charge in [-0.15, -0.1) is 5.10 Å². The summed E-state index contributed by atoms with van der Waals surface area (Å²) >= 11 is 0. The largest absolute Gasteiger partial charge is 0.480 e. The van der Waals surface area contributed by atoms with Crippen molar-refractivity contribution in [2.75, 3.05) is 11.9 Å². The van der Waals surface area contributed by atoms with Crippen LogP contribution in [0.5, 0.6) is 5.88 Å². The molecule has 0 fully saturated rings. The summed E-state index contributed by atoms with van der Waals surface area (Å²) in [5.41, 5.74) is 0.594. The summed E-state index contributed by atoms with van der Waals surface area (Å²) in [6, 6.07) is 1.66. The lowest BCUT2D eigenvalue weighted by Crippen LogP contribution is -2.09. The van der Waals surface area contributed by atoms with Gasteiger partial charge in [-0.25, -0.2) is 9.67 Å². The summed E-state index contributed by atoms with van der Waals surface area (Å²) in [5.74, 6) is -0.0783. The number of carbonyl (C=O) groups is 1. The molecule has 106 valence electrons. The molecule has 0 aliphatic carbocycles. The number of nitrogens with zero attached hydrogens (tertiary/aromatic N) is 5. The quantitative estimate of drug-likeness (QED) is 0.736. The van der Waals surface area contributed by atoms with Crippen LogP contribution >= 0.6 is 0 Å². The monoisotopic (exact) mass is 278 g/mol. The molecule has 0 unspecified atom stereocenters. The van der Waals surface area contributed by atoms with E-state index in [0.29, 0.717) is 30.7 Å². The molecule has 0 saturated carbocycles. The highest BCUT2D eigenvalue weighted by molar-refractivity contribution is 5.66. The van der Waals surface area contributed by atoms with Crippen molar-refractivity contribution >= 4 is 11.9 Å². The van der Waals surface area contributed by atoms with Crippen molar-refractivity contribution in [2.24, 2.45) is 0 Å². The first-order chi connectivity index (χ1) is 9.67. The lowest BCUT2D eigenvalue weighted by Gasteiger charge is -2.04. The molecule has 20 heavy (non-hydrogen) atoms. The fourth-order valence-electron chi connectivity index (χ4n) is 1.46. The van der Waals surface area contributed by atoms with Crippen LogP contribution < -0.4 is 10.1 Å². The number of nitrogens with one attached hydrogen (secondary N) is 1. The minimum absolute atomic E-state index is 0.219. The van der Waals surface area contributed by atoms with Gasteiger partial charge in [-0.05, 0) is 6.92 Å². The van der Waals surface area contributed by atoms with E-state index >= 15 is 0 Å². The molecule has 0 bridgehead atoms. The zero-order valence-electron chi connectivity index (χ0n) is 10.9. The van der Waals surface area contributed by atoms with E-state index in [-0.39, 0.29) is 6.54 Å². The van der Waals surface area contributed by atoms with E-state index in [1.807, 2.05) is 6.92 Å². The molecule has 2 heterocycles. The summed E-state index contributed by atoms with van der Waals surface area (Å²) < 4.78 is 6.50. The maximum Gasteiger partial charge on any atom is 0.325 e. The normalized spacial score (nSPS) is 10.2. The van der Waals surface area contributed by atoms with E-state index in [9.17, 15) is 4.79 Å². The van der Waals surface area contributed by atoms with Crippen molar-refractivity contribution in [1.29, 1.82) is 0 Å². The van der Waals surface area contributed by atoms with E-state index in [1.165, 1.54) is 4.68 Å². The Balaban J connectivity index is 1.92. The van der Waals surface area contributed by atoms with Crippen LogP contribution in [0, 0.1) is 0 Å². The number of aromatic nitrogens is 5. The number of rotatable bonds is 7. The first-order valence-electron chi connectivity index (χ1n) is 5.98. The van der Waals surface area contributed by atoms with Crippen molar-refractivity contribution in [3.05, 3.63) is 24.2 Å². The zero-order chi connectivity index (χ0) is 14.4. The summed E-state index contributed by atoms with van der Waals surface area (Å²) in [6.45, 7) is 2.52.